The molecule has 158 valence electrons. The highest BCUT2D eigenvalue weighted by Gasteiger charge is 2.88. The second kappa shape index (κ2) is 4.65. The number of carbonyl (C=O) groups is 2. The van der Waals surface area contributed by atoms with Crippen molar-refractivity contribution in [3.05, 3.63) is 11.3 Å². The predicted octanol–water partition coefficient (Wildman–Crippen LogP) is 2.76. The van der Waals surface area contributed by atoms with Gasteiger partial charge < -0.3 is 15.2 Å². The van der Waals surface area contributed by atoms with Gasteiger partial charge in [0.05, 0.1) is 17.6 Å². The van der Waals surface area contributed by atoms with Crippen LogP contribution in [0.3, 0.4) is 0 Å². The second-order valence-corrected chi connectivity index (χ2v) is 11.6. The van der Waals surface area contributed by atoms with Crippen molar-refractivity contribution in [2.75, 3.05) is 0 Å². The first kappa shape index (κ1) is 17.8. The first-order chi connectivity index (χ1) is 14.2. The smallest absolute Gasteiger partial charge is 0.306 e. The molecule has 6 heteroatoms. The maximum Gasteiger partial charge on any atom is 0.306 e. The van der Waals surface area contributed by atoms with Crippen molar-refractivity contribution in [2.24, 2.45) is 39.7 Å². The average molecular weight is 408 g/mol. The van der Waals surface area contributed by atoms with Gasteiger partial charge in [-0.25, -0.2) is 0 Å². The number of esters is 1. The van der Waals surface area contributed by atoms with Crippen molar-refractivity contribution in [1.29, 1.82) is 5.26 Å². The minimum absolute atomic E-state index is 0.0108. The molecule has 2 spiro atoms. The SMILES string of the molecule is CC12CC3OC34C(C3CC5(C#N)C(=C3N)C(=O)CCC54C)C1CCC21CCC(=O)O1. The summed E-state index contributed by atoms with van der Waals surface area (Å²) >= 11 is 0. The van der Waals surface area contributed by atoms with Crippen molar-refractivity contribution in [3.8, 4) is 6.07 Å². The highest BCUT2D eigenvalue weighted by Crippen LogP contribution is 2.83. The van der Waals surface area contributed by atoms with E-state index in [0.29, 0.717) is 42.9 Å². The van der Waals surface area contributed by atoms with E-state index in [1.165, 1.54) is 0 Å². The topological polar surface area (TPSA) is 106 Å². The summed E-state index contributed by atoms with van der Waals surface area (Å²) in [5.74, 6) is 0.519. The van der Waals surface area contributed by atoms with Crippen molar-refractivity contribution in [3.63, 3.8) is 0 Å². The van der Waals surface area contributed by atoms with Crippen molar-refractivity contribution in [2.45, 2.75) is 82.5 Å². The Morgan fingerprint density at radius 1 is 1.13 bits per heavy atom. The van der Waals surface area contributed by atoms with Crippen LogP contribution in [0.1, 0.15) is 65.2 Å². The monoisotopic (exact) mass is 408 g/mol. The molecule has 6 fully saturated rings. The van der Waals surface area contributed by atoms with Crippen LogP contribution in [0, 0.1) is 45.3 Å². The number of nitriles is 1. The minimum Gasteiger partial charge on any atom is -0.458 e. The number of hydrogen-bond acceptors (Lipinski definition) is 6. The molecule has 9 unspecified atom stereocenters. The van der Waals surface area contributed by atoms with Gasteiger partial charge >= 0.3 is 5.97 Å². The molecule has 2 heterocycles. The number of carbonyl (C=O) groups excluding carboxylic acids is 2. The van der Waals surface area contributed by atoms with Gasteiger partial charge in [-0.1, -0.05) is 13.8 Å². The Morgan fingerprint density at radius 2 is 1.93 bits per heavy atom. The lowest BCUT2D eigenvalue weighted by atomic mass is 9.39. The highest BCUT2D eigenvalue weighted by atomic mass is 16.6. The maximum atomic E-state index is 13.0. The van der Waals surface area contributed by atoms with Gasteiger partial charge in [0.1, 0.15) is 11.2 Å². The molecule has 7 rings (SSSR count). The first-order valence-corrected chi connectivity index (χ1v) is 11.5. The Labute approximate surface area is 176 Å². The minimum atomic E-state index is -0.813. The Hall–Kier alpha value is -1.87. The molecule has 7 aliphatic rings. The third-order valence-electron chi connectivity index (χ3n) is 11.3. The molecule has 2 saturated heterocycles. The Morgan fingerprint density at radius 3 is 2.63 bits per heavy atom. The van der Waals surface area contributed by atoms with Gasteiger partial charge in [-0.3, -0.25) is 9.59 Å². The quantitative estimate of drug-likeness (QED) is 0.488. The summed E-state index contributed by atoms with van der Waals surface area (Å²) < 4.78 is 12.8. The lowest BCUT2D eigenvalue weighted by Crippen LogP contribution is -2.66. The molecule has 9 atom stereocenters. The summed E-state index contributed by atoms with van der Waals surface area (Å²) in [7, 11) is 0. The van der Waals surface area contributed by atoms with E-state index in [0.717, 1.165) is 25.7 Å². The first-order valence-electron chi connectivity index (χ1n) is 11.5. The van der Waals surface area contributed by atoms with Crippen LogP contribution in [0.5, 0.6) is 0 Å². The fraction of sp³-hybridized carbons (Fsp3) is 0.792. The van der Waals surface area contributed by atoms with Crippen molar-refractivity contribution >= 4 is 11.8 Å². The van der Waals surface area contributed by atoms with Crippen LogP contribution in [0.25, 0.3) is 0 Å². The lowest BCUT2D eigenvalue weighted by Gasteiger charge is -2.61. The van der Waals surface area contributed by atoms with E-state index in [1.54, 1.807) is 0 Å². The van der Waals surface area contributed by atoms with Crippen LogP contribution in [-0.4, -0.2) is 29.1 Å². The van der Waals surface area contributed by atoms with Crippen LogP contribution in [0.2, 0.25) is 0 Å². The summed E-state index contributed by atoms with van der Waals surface area (Å²) in [5.41, 5.74) is 5.90. The number of nitrogens with two attached hydrogens (primary N) is 1. The van der Waals surface area contributed by atoms with E-state index in [1.807, 2.05) is 0 Å². The molecule has 5 aliphatic carbocycles. The molecule has 0 amide bonds. The van der Waals surface area contributed by atoms with Crippen molar-refractivity contribution in [1.82, 2.24) is 0 Å². The van der Waals surface area contributed by atoms with Gasteiger partial charge in [-0.05, 0) is 44.4 Å². The number of fused-ring (bicyclic) bond motifs is 5. The van der Waals surface area contributed by atoms with Crippen LogP contribution < -0.4 is 5.73 Å². The third kappa shape index (κ3) is 1.41. The summed E-state index contributed by atoms with van der Waals surface area (Å²) in [4.78, 5) is 25.1. The number of ether oxygens (including phenoxy) is 2. The molecule has 0 radical (unpaired) electrons. The molecule has 30 heavy (non-hydrogen) atoms. The molecule has 0 aromatic carbocycles. The maximum absolute atomic E-state index is 13.0. The summed E-state index contributed by atoms with van der Waals surface area (Å²) in [6.07, 6.45) is 5.92. The number of allylic oxidation sites excluding steroid dienone is 2. The standard InChI is InChI=1S/C24H28N2O4/c1-20-10-15-24(29-15)17(13(20)3-7-23(20)8-5-16(28)30-23)12-9-22(11-25)18(19(12)26)14(27)4-6-21(22,24)2/h12-13,15,17H,3-10,26H2,1-2H3. The van der Waals surface area contributed by atoms with Gasteiger partial charge in [0.15, 0.2) is 5.78 Å². The van der Waals surface area contributed by atoms with Crippen LogP contribution >= 0.6 is 0 Å². The predicted molar refractivity (Wildman–Crippen MR) is 104 cm³/mol. The molecular weight excluding hydrogens is 380 g/mol. The number of ketones is 1. The molecule has 4 saturated carbocycles. The van der Waals surface area contributed by atoms with E-state index >= 15 is 0 Å². The van der Waals surface area contributed by atoms with Crippen LogP contribution in [0.4, 0.5) is 0 Å². The number of epoxide rings is 1. The van der Waals surface area contributed by atoms with Gasteiger partial charge in [0.25, 0.3) is 0 Å². The normalized spacial score (nSPS) is 59.5. The lowest BCUT2D eigenvalue weighted by molar-refractivity contribution is -0.171. The summed E-state index contributed by atoms with van der Waals surface area (Å²) in [6, 6.07) is 2.61. The second-order valence-electron chi connectivity index (χ2n) is 11.6. The molecule has 2 N–H and O–H groups in total. The third-order valence-corrected chi connectivity index (χ3v) is 11.3. The van der Waals surface area contributed by atoms with Gasteiger partial charge in [-0.2, -0.15) is 5.26 Å². The molecule has 2 aliphatic heterocycles. The summed E-state index contributed by atoms with van der Waals surface area (Å²) in [5, 5.41) is 10.4. The average Bonchev–Trinajstić information content (AvgIpc) is 3.01. The van der Waals surface area contributed by atoms with E-state index in [9.17, 15) is 14.9 Å². The highest BCUT2D eigenvalue weighted by molar-refractivity contribution is 6.00. The zero-order valence-electron chi connectivity index (χ0n) is 17.6. The molecular formula is C24H28N2O4. The number of hydrogen-bond donors (Lipinski definition) is 1. The zero-order chi connectivity index (χ0) is 20.9. The zero-order valence-corrected chi connectivity index (χ0v) is 17.6. The molecule has 6 nitrogen and oxygen atoms in total. The summed E-state index contributed by atoms with van der Waals surface area (Å²) in [6.45, 7) is 4.51. The molecule has 0 aromatic rings. The molecule has 0 aromatic heterocycles. The van der Waals surface area contributed by atoms with Crippen LogP contribution in [-0.2, 0) is 19.1 Å². The molecule has 2 bridgehead atoms. The number of rotatable bonds is 0. The van der Waals surface area contributed by atoms with Gasteiger partial charge in [0, 0.05) is 46.8 Å². The van der Waals surface area contributed by atoms with E-state index in [-0.39, 0.29) is 46.3 Å². The number of nitrogens with zero attached hydrogens (tertiary/aromatic N) is 1. The van der Waals surface area contributed by atoms with E-state index in [2.05, 4.69) is 19.9 Å². The fourth-order valence-electron chi connectivity index (χ4n) is 9.90. The fourth-order valence-corrected chi connectivity index (χ4v) is 9.90. The van der Waals surface area contributed by atoms with Gasteiger partial charge in [0.2, 0.25) is 0 Å². The Kier molecular flexibility index (Phi) is 2.75. The van der Waals surface area contributed by atoms with E-state index in [4.69, 9.17) is 15.2 Å². The van der Waals surface area contributed by atoms with Crippen molar-refractivity contribution < 1.29 is 19.1 Å². The number of Topliss-reactive ketones (excluding diaryl/α,β-unsaturated/α-hetero) is 1. The Balaban J connectivity index is 1.44. The Bertz CT molecular complexity index is 1030. The van der Waals surface area contributed by atoms with Gasteiger partial charge in [-0.15, -0.1) is 0 Å². The van der Waals surface area contributed by atoms with Crippen LogP contribution in [0.15, 0.2) is 11.3 Å². The van der Waals surface area contributed by atoms with E-state index < -0.39 is 10.8 Å². The largest absolute Gasteiger partial charge is 0.458 e.